The number of sulfonamides is 1. The molecular formula is C22H27ClN4O3S. The molecule has 0 aliphatic carbocycles. The molecule has 0 aliphatic heterocycles. The summed E-state index contributed by atoms with van der Waals surface area (Å²) in [5, 5.41) is 7.75. The first-order chi connectivity index (χ1) is 14.3. The summed E-state index contributed by atoms with van der Waals surface area (Å²) in [6.07, 6.45) is 4.16. The average Bonchev–Trinajstić information content (AvgIpc) is 2.71. The molecule has 0 saturated heterocycles. The molecule has 1 heterocycles. The lowest BCUT2D eigenvalue weighted by atomic mass is 10.1. The van der Waals surface area contributed by atoms with Gasteiger partial charge >= 0.3 is 0 Å². The van der Waals surface area contributed by atoms with Crippen LogP contribution in [0.25, 0.3) is 10.8 Å². The Kier molecular flexibility index (Phi) is 8.94. The number of carbonyl (C=O) groups excluding carboxylic acids is 1. The molecule has 0 spiro atoms. The lowest BCUT2D eigenvalue weighted by Crippen LogP contribution is -2.40. The van der Waals surface area contributed by atoms with Crippen LogP contribution < -0.4 is 15.4 Å². The second kappa shape index (κ2) is 11.2. The average molecular weight is 463 g/mol. The predicted octanol–water partition coefficient (Wildman–Crippen LogP) is 3.11. The number of aromatic nitrogens is 1. The molecule has 7 nitrogen and oxygen atoms in total. The molecule has 3 rings (SSSR count). The molecular weight excluding hydrogens is 436 g/mol. The summed E-state index contributed by atoms with van der Waals surface area (Å²) < 4.78 is 28.0. The van der Waals surface area contributed by atoms with Crippen LogP contribution in [0.3, 0.4) is 0 Å². The lowest BCUT2D eigenvalue weighted by Gasteiger charge is -2.15. The summed E-state index contributed by atoms with van der Waals surface area (Å²) in [5.74, 6) is -0.0958. The van der Waals surface area contributed by atoms with Crippen molar-refractivity contribution in [3.05, 3.63) is 66.5 Å². The number of nitrogens with zero attached hydrogens (tertiary/aromatic N) is 1. The normalized spacial score (nSPS) is 12.2. The molecule has 1 amide bonds. The zero-order valence-corrected chi connectivity index (χ0v) is 19.1. The SMILES string of the molecule is CC(=O)Nc1ccc(CCNC[C@@H](C)NS(=O)(=O)c2ccc3cnccc3c2)cc1.Cl. The van der Waals surface area contributed by atoms with Gasteiger partial charge in [-0.2, -0.15) is 0 Å². The second-order valence-electron chi connectivity index (χ2n) is 7.24. The summed E-state index contributed by atoms with van der Waals surface area (Å²) in [4.78, 5) is 15.3. The molecule has 0 fully saturated rings. The monoisotopic (exact) mass is 462 g/mol. The van der Waals surface area contributed by atoms with Crippen molar-refractivity contribution in [3.63, 3.8) is 0 Å². The molecule has 1 aromatic heterocycles. The quantitative estimate of drug-likeness (QED) is 0.424. The van der Waals surface area contributed by atoms with E-state index in [1.165, 1.54) is 6.92 Å². The highest BCUT2D eigenvalue weighted by molar-refractivity contribution is 7.89. The van der Waals surface area contributed by atoms with E-state index >= 15 is 0 Å². The number of carbonyl (C=O) groups is 1. The van der Waals surface area contributed by atoms with Gasteiger partial charge in [-0.25, -0.2) is 13.1 Å². The zero-order valence-electron chi connectivity index (χ0n) is 17.5. The van der Waals surface area contributed by atoms with E-state index in [9.17, 15) is 13.2 Å². The van der Waals surface area contributed by atoms with Crippen molar-refractivity contribution in [1.29, 1.82) is 0 Å². The first-order valence-corrected chi connectivity index (χ1v) is 11.3. The Morgan fingerprint density at radius 2 is 1.81 bits per heavy atom. The number of halogens is 1. The molecule has 3 aromatic rings. The van der Waals surface area contributed by atoms with Crippen molar-refractivity contribution >= 4 is 44.8 Å². The third-order valence-electron chi connectivity index (χ3n) is 4.59. The number of fused-ring (bicyclic) bond motifs is 1. The van der Waals surface area contributed by atoms with Crippen LogP contribution in [0.2, 0.25) is 0 Å². The summed E-state index contributed by atoms with van der Waals surface area (Å²) in [5.41, 5.74) is 1.91. The third kappa shape index (κ3) is 7.29. The van der Waals surface area contributed by atoms with Gasteiger partial charge in [0.15, 0.2) is 0 Å². The smallest absolute Gasteiger partial charge is 0.240 e. The highest BCUT2D eigenvalue weighted by Gasteiger charge is 2.17. The molecule has 9 heteroatoms. The van der Waals surface area contributed by atoms with Gasteiger partial charge in [0.1, 0.15) is 0 Å². The largest absolute Gasteiger partial charge is 0.326 e. The fourth-order valence-electron chi connectivity index (χ4n) is 3.11. The molecule has 0 bridgehead atoms. The molecule has 0 saturated carbocycles. The number of anilines is 1. The minimum absolute atomic E-state index is 0. The number of pyridine rings is 1. The molecule has 2 aromatic carbocycles. The van der Waals surface area contributed by atoms with Crippen molar-refractivity contribution in [2.75, 3.05) is 18.4 Å². The lowest BCUT2D eigenvalue weighted by molar-refractivity contribution is -0.114. The van der Waals surface area contributed by atoms with Gasteiger partial charge in [-0.15, -0.1) is 12.4 Å². The van der Waals surface area contributed by atoms with Gasteiger partial charge in [-0.3, -0.25) is 9.78 Å². The van der Waals surface area contributed by atoms with E-state index in [4.69, 9.17) is 0 Å². The Morgan fingerprint density at radius 3 is 2.52 bits per heavy atom. The highest BCUT2D eigenvalue weighted by Crippen LogP contribution is 2.18. The van der Waals surface area contributed by atoms with Crippen LogP contribution in [0.15, 0.2) is 65.8 Å². The fraction of sp³-hybridized carbons (Fsp3) is 0.273. The summed E-state index contributed by atoms with van der Waals surface area (Å²) in [7, 11) is -3.60. The van der Waals surface area contributed by atoms with Gasteiger partial charge in [-0.1, -0.05) is 18.2 Å². The van der Waals surface area contributed by atoms with Crippen molar-refractivity contribution in [2.45, 2.75) is 31.2 Å². The molecule has 166 valence electrons. The number of amides is 1. The highest BCUT2D eigenvalue weighted by atomic mass is 35.5. The first-order valence-electron chi connectivity index (χ1n) is 9.77. The predicted molar refractivity (Wildman–Crippen MR) is 126 cm³/mol. The fourth-order valence-corrected chi connectivity index (χ4v) is 4.39. The number of hydrogen-bond donors (Lipinski definition) is 3. The van der Waals surface area contributed by atoms with Crippen LogP contribution in [0.5, 0.6) is 0 Å². The number of benzene rings is 2. The van der Waals surface area contributed by atoms with Crippen molar-refractivity contribution in [3.8, 4) is 0 Å². The Labute approximate surface area is 189 Å². The van der Waals surface area contributed by atoms with E-state index in [0.29, 0.717) is 13.1 Å². The number of rotatable bonds is 9. The van der Waals surface area contributed by atoms with Gasteiger partial charge in [0.2, 0.25) is 15.9 Å². The van der Waals surface area contributed by atoms with E-state index in [2.05, 4.69) is 20.3 Å². The van der Waals surface area contributed by atoms with Crippen LogP contribution in [0.4, 0.5) is 5.69 Å². The summed E-state index contributed by atoms with van der Waals surface area (Å²) in [6, 6.07) is 14.2. The van der Waals surface area contributed by atoms with Gasteiger partial charge in [0.25, 0.3) is 0 Å². The second-order valence-corrected chi connectivity index (χ2v) is 8.95. The Bertz CT molecular complexity index is 1120. The van der Waals surface area contributed by atoms with Gasteiger partial charge in [0, 0.05) is 43.0 Å². The summed E-state index contributed by atoms with van der Waals surface area (Å²) in [6.45, 7) is 4.54. The van der Waals surface area contributed by atoms with Crippen LogP contribution >= 0.6 is 12.4 Å². The minimum atomic E-state index is -3.60. The Balaban J connectivity index is 0.00000341. The standard InChI is InChI=1S/C22H26N4O3S.ClH/c1-16(14-23-11-9-18-3-6-21(7-4-18)25-17(2)27)26-30(28,29)22-8-5-20-15-24-12-10-19(20)13-22;/h3-8,10,12-13,15-16,23,26H,9,11,14H2,1-2H3,(H,25,27);1H/t16-;/m1./s1. The van der Waals surface area contributed by atoms with Gasteiger partial charge in [-0.05, 0) is 61.2 Å². The van der Waals surface area contributed by atoms with Crippen molar-refractivity contribution in [2.24, 2.45) is 0 Å². The van der Waals surface area contributed by atoms with E-state index in [1.54, 1.807) is 36.7 Å². The van der Waals surface area contributed by atoms with Gasteiger partial charge in [0.05, 0.1) is 4.90 Å². The topological polar surface area (TPSA) is 100 Å². The molecule has 0 aliphatic rings. The molecule has 3 N–H and O–H groups in total. The third-order valence-corrected chi connectivity index (χ3v) is 6.18. The van der Waals surface area contributed by atoms with Gasteiger partial charge < -0.3 is 10.6 Å². The maximum Gasteiger partial charge on any atom is 0.240 e. The number of hydrogen-bond acceptors (Lipinski definition) is 5. The number of nitrogens with one attached hydrogen (secondary N) is 3. The van der Waals surface area contributed by atoms with Crippen LogP contribution in [-0.2, 0) is 21.2 Å². The van der Waals surface area contributed by atoms with Crippen molar-refractivity contribution in [1.82, 2.24) is 15.0 Å². The minimum Gasteiger partial charge on any atom is -0.326 e. The Hall–Kier alpha value is -2.52. The molecule has 0 radical (unpaired) electrons. The first kappa shape index (κ1) is 24.7. The van der Waals surface area contributed by atoms with E-state index in [-0.39, 0.29) is 29.3 Å². The van der Waals surface area contributed by atoms with Crippen LogP contribution in [0.1, 0.15) is 19.4 Å². The van der Waals surface area contributed by atoms with E-state index < -0.39 is 10.0 Å². The van der Waals surface area contributed by atoms with E-state index in [1.807, 2.05) is 31.2 Å². The van der Waals surface area contributed by atoms with Crippen molar-refractivity contribution < 1.29 is 13.2 Å². The van der Waals surface area contributed by atoms with Crippen LogP contribution in [0, 0.1) is 0 Å². The molecule has 0 unspecified atom stereocenters. The van der Waals surface area contributed by atoms with Crippen LogP contribution in [-0.4, -0.2) is 38.4 Å². The Morgan fingerprint density at radius 1 is 1.06 bits per heavy atom. The maximum atomic E-state index is 12.7. The summed E-state index contributed by atoms with van der Waals surface area (Å²) >= 11 is 0. The molecule has 31 heavy (non-hydrogen) atoms. The molecule has 1 atom stereocenters. The van der Waals surface area contributed by atoms with E-state index in [0.717, 1.165) is 28.4 Å². The maximum absolute atomic E-state index is 12.7. The zero-order chi connectivity index (χ0) is 21.6.